The third-order valence-corrected chi connectivity index (χ3v) is 3.76. The van der Waals surface area contributed by atoms with Crippen LogP contribution in [0.2, 0.25) is 0 Å². The molecule has 2 heteroatoms. The fourth-order valence-corrected chi connectivity index (χ4v) is 3.27. The van der Waals surface area contributed by atoms with E-state index in [9.17, 15) is 4.79 Å². The van der Waals surface area contributed by atoms with E-state index in [1.165, 1.54) is 12.0 Å². The Morgan fingerprint density at radius 3 is 2.87 bits per heavy atom. The van der Waals surface area contributed by atoms with Gasteiger partial charge in [0.25, 0.3) is 0 Å². The van der Waals surface area contributed by atoms with Crippen molar-refractivity contribution in [3.8, 4) is 0 Å². The van der Waals surface area contributed by atoms with Gasteiger partial charge in [-0.3, -0.25) is 0 Å². The van der Waals surface area contributed by atoms with E-state index >= 15 is 0 Å². The summed E-state index contributed by atoms with van der Waals surface area (Å²) in [6.45, 7) is 6.79. The number of carbonyl (C=O) groups excluding carboxylic acids is 1. The van der Waals surface area contributed by atoms with E-state index in [0.717, 1.165) is 24.3 Å². The number of carbonyl (C=O) groups is 1. The lowest BCUT2D eigenvalue weighted by Crippen LogP contribution is -2.24. The molecule has 0 heterocycles. The summed E-state index contributed by atoms with van der Waals surface area (Å²) in [4.78, 5) is 11.9. The van der Waals surface area contributed by atoms with Crippen molar-refractivity contribution in [1.82, 2.24) is 0 Å². The van der Waals surface area contributed by atoms with Crippen molar-refractivity contribution in [2.45, 2.75) is 40.0 Å². The Morgan fingerprint density at radius 2 is 2.27 bits per heavy atom. The Balaban J connectivity index is 2.23. The Morgan fingerprint density at radius 1 is 1.53 bits per heavy atom. The maximum atomic E-state index is 11.9. The average Bonchev–Trinajstić information content (AvgIpc) is 2.76. The first-order valence-electron chi connectivity index (χ1n) is 6.04. The summed E-state index contributed by atoms with van der Waals surface area (Å²) in [6.07, 6.45) is 3.56. The summed E-state index contributed by atoms with van der Waals surface area (Å²) in [6, 6.07) is 0. The molecule has 0 spiro atoms. The fraction of sp³-hybridized carbons (Fsp3) is 0.769. The number of ether oxygens (including phenoxy) is 1. The highest BCUT2D eigenvalue weighted by Crippen LogP contribution is 2.51. The smallest absolute Gasteiger partial charge is 0.334 e. The van der Waals surface area contributed by atoms with Gasteiger partial charge in [-0.05, 0) is 43.9 Å². The van der Waals surface area contributed by atoms with Crippen LogP contribution in [-0.4, -0.2) is 12.6 Å². The van der Waals surface area contributed by atoms with Crippen LogP contribution in [0.1, 0.15) is 40.0 Å². The molecular formula is C13H20O2. The van der Waals surface area contributed by atoms with Gasteiger partial charge in [-0.25, -0.2) is 4.79 Å². The molecule has 2 rings (SSSR count). The maximum absolute atomic E-state index is 11.9. The van der Waals surface area contributed by atoms with E-state index in [1.807, 2.05) is 6.92 Å². The third-order valence-electron chi connectivity index (χ3n) is 3.76. The lowest BCUT2D eigenvalue weighted by atomic mass is 9.79. The molecule has 0 aromatic carbocycles. The fourth-order valence-electron chi connectivity index (χ4n) is 3.27. The zero-order valence-corrected chi connectivity index (χ0v) is 9.88. The van der Waals surface area contributed by atoms with Crippen molar-refractivity contribution >= 4 is 5.97 Å². The topological polar surface area (TPSA) is 26.3 Å². The van der Waals surface area contributed by atoms with Crippen molar-refractivity contribution in [3.63, 3.8) is 0 Å². The summed E-state index contributed by atoms with van der Waals surface area (Å²) in [5.41, 5.74) is 2.42. The predicted molar refractivity (Wildman–Crippen MR) is 59.3 cm³/mol. The predicted octanol–water partition coefficient (Wildman–Crippen LogP) is 2.93. The van der Waals surface area contributed by atoms with Gasteiger partial charge in [0.2, 0.25) is 0 Å². The average molecular weight is 208 g/mol. The van der Waals surface area contributed by atoms with E-state index in [1.54, 1.807) is 0 Å². The second-order valence-electron chi connectivity index (χ2n) is 5.01. The highest BCUT2D eigenvalue weighted by Gasteiger charge is 2.43. The van der Waals surface area contributed by atoms with Crippen LogP contribution in [0.15, 0.2) is 11.1 Å². The first-order valence-corrected chi connectivity index (χ1v) is 6.04. The Hall–Kier alpha value is -0.790. The van der Waals surface area contributed by atoms with Gasteiger partial charge in [-0.15, -0.1) is 0 Å². The summed E-state index contributed by atoms with van der Waals surface area (Å²) >= 11 is 0. The lowest BCUT2D eigenvalue weighted by molar-refractivity contribution is -0.139. The molecule has 2 atom stereocenters. The van der Waals surface area contributed by atoms with Crippen LogP contribution in [0.5, 0.6) is 0 Å². The molecule has 15 heavy (non-hydrogen) atoms. The van der Waals surface area contributed by atoms with Crippen LogP contribution in [-0.2, 0) is 9.53 Å². The molecule has 0 saturated heterocycles. The molecule has 1 saturated carbocycles. The van der Waals surface area contributed by atoms with Gasteiger partial charge in [0.15, 0.2) is 0 Å². The molecule has 0 amide bonds. The molecule has 0 aromatic rings. The highest BCUT2D eigenvalue weighted by atomic mass is 16.5. The number of hydrogen-bond acceptors (Lipinski definition) is 2. The highest BCUT2D eigenvalue weighted by molar-refractivity contribution is 5.91. The second-order valence-corrected chi connectivity index (χ2v) is 5.01. The van der Waals surface area contributed by atoms with E-state index < -0.39 is 0 Å². The van der Waals surface area contributed by atoms with Gasteiger partial charge >= 0.3 is 5.97 Å². The molecule has 2 aliphatic rings. The zero-order chi connectivity index (χ0) is 11.0. The molecule has 0 N–H and O–H groups in total. The summed E-state index contributed by atoms with van der Waals surface area (Å²) < 4.78 is 5.16. The first kappa shape index (κ1) is 10.7. The Labute approximate surface area is 91.7 Å². The van der Waals surface area contributed by atoms with Gasteiger partial charge in [-0.1, -0.05) is 19.4 Å². The molecule has 2 bridgehead atoms. The number of allylic oxidation sites excluding steroid dienone is 1. The Bertz CT molecular complexity index is 302. The minimum atomic E-state index is -0.0478. The van der Waals surface area contributed by atoms with Gasteiger partial charge in [0, 0.05) is 5.57 Å². The number of hydrogen-bond donors (Lipinski definition) is 0. The van der Waals surface area contributed by atoms with E-state index in [0.29, 0.717) is 18.4 Å². The molecule has 2 nitrogen and oxygen atoms in total. The van der Waals surface area contributed by atoms with Crippen LogP contribution in [0.25, 0.3) is 0 Å². The largest absolute Gasteiger partial charge is 0.463 e. The molecule has 0 radical (unpaired) electrons. The van der Waals surface area contributed by atoms with Crippen molar-refractivity contribution in [2.24, 2.45) is 17.8 Å². The quantitative estimate of drug-likeness (QED) is 0.666. The van der Waals surface area contributed by atoms with Crippen molar-refractivity contribution in [3.05, 3.63) is 11.1 Å². The normalized spacial score (nSPS) is 29.1. The van der Waals surface area contributed by atoms with Gasteiger partial charge in [0.1, 0.15) is 0 Å². The van der Waals surface area contributed by atoms with Gasteiger partial charge < -0.3 is 4.74 Å². The van der Waals surface area contributed by atoms with Gasteiger partial charge in [-0.2, -0.15) is 0 Å². The molecule has 0 aromatic heterocycles. The number of rotatable bonds is 3. The first-order chi connectivity index (χ1) is 7.15. The van der Waals surface area contributed by atoms with E-state index in [-0.39, 0.29) is 5.97 Å². The molecule has 84 valence electrons. The SMILES string of the molecule is CCOC(=O)C1=C2CC[C@H](C2)[C@H]1C(C)C. The zero-order valence-electron chi connectivity index (χ0n) is 9.88. The molecule has 1 fully saturated rings. The van der Waals surface area contributed by atoms with Crippen LogP contribution in [0.4, 0.5) is 0 Å². The van der Waals surface area contributed by atoms with Crippen molar-refractivity contribution in [2.75, 3.05) is 6.61 Å². The van der Waals surface area contributed by atoms with Crippen molar-refractivity contribution in [1.29, 1.82) is 0 Å². The van der Waals surface area contributed by atoms with Gasteiger partial charge in [0.05, 0.1) is 6.61 Å². The lowest BCUT2D eigenvalue weighted by Gasteiger charge is -2.26. The van der Waals surface area contributed by atoms with Crippen LogP contribution >= 0.6 is 0 Å². The van der Waals surface area contributed by atoms with Crippen LogP contribution in [0.3, 0.4) is 0 Å². The number of fused-ring (bicyclic) bond motifs is 2. The summed E-state index contributed by atoms with van der Waals surface area (Å²) in [5.74, 6) is 1.70. The molecule has 2 aliphatic carbocycles. The van der Waals surface area contributed by atoms with E-state index in [4.69, 9.17) is 4.74 Å². The minimum absolute atomic E-state index is 0.0478. The number of esters is 1. The third kappa shape index (κ3) is 1.70. The van der Waals surface area contributed by atoms with Crippen LogP contribution in [0, 0.1) is 17.8 Å². The Kier molecular flexibility index (Phi) is 2.85. The molecule has 0 unspecified atom stereocenters. The standard InChI is InChI=1S/C13H20O2/c1-4-15-13(14)12-10-6-5-9(7-10)11(12)8(2)3/h8-9,11H,4-7H2,1-3H3/t9-,11-/m1/s1. The van der Waals surface area contributed by atoms with Crippen LogP contribution < -0.4 is 0 Å². The molecule has 0 aliphatic heterocycles. The van der Waals surface area contributed by atoms with Crippen molar-refractivity contribution < 1.29 is 9.53 Å². The monoisotopic (exact) mass is 208 g/mol. The summed E-state index contributed by atoms with van der Waals surface area (Å²) in [5, 5.41) is 0. The summed E-state index contributed by atoms with van der Waals surface area (Å²) in [7, 11) is 0. The minimum Gasteiger partial charge on any atom is -0.463 e. The van der Waals surface area contributed by atoms with E-state index in [2.05, 4.69) is 13.8 Å². The molecular weight excluding hydrogens is 188 g/mol. The maximum Gasteiger partial charge on any atom is 0.334 e. The second kappa shape index (κ2) is 3.99.